The summed E-state index contributed by atoms with van der Waals surface area (Å²) in [6.07, 6.45) is 56.2. The van der Waals surface area contributed by atoms with Crippen LogP contribution in [-0.2, 0) is 0 Å². The average molecular weight is 1010 g/mol. The van der Waals surface area contributed by atoms with E-state index in [1.165, 1.54) is 231 Å². The second-order valence-electron chi connectivity index (χ2n) is 21.2. The molecule has 0 aliphatic heterocycles. The van der Waals surface area contributed by atoms with Crippen molar-refractivity contribution in [3.8, 4) is 28.7 Å². The molecular weight excluding hydrogens is 901 g/mol. The summed E-state index contributed by atoms with van der Waals surface area (Å²) in [4.78, 5) is 9.59. The van der Waals surface area contributed by atoms with Crippen molar-refractivity contribution in [2.24, 2.45) is 9.98 Å². The minimum absolute atomic E-state index is 0.113. The Labute approximate surface area is 448 Å². The Hall–Kier alpha value is -4.00. The first kappa shape index (κ1) is 63.3. The van der Waals surface area contributed by atoms with E-state index in [4.69, 9.17) is 24.2 Å². The van der Waals surface area contributed by atoms with E-state index in [-0.39, 0.29) is 11.5 Å². The number of hydrogen-bond acceptors (Lipinski definition) is 7. The zero-order valence-corrected chi connectivity index (χ0v) is 47.3. The van der Waals surface area contributed by atoms with Crippen molar-refractivity contribution < 1.29 is 24.4 Å². The maximum atomic E-state index is 11.0. The van der Waals surface area contributed by atoms with Gasteiger partial charge in [-0.15, -0.1) is 0 Å². The number of unbranched alkanes of at least 4 members (excludes halogenated alkanes) is 37. The molecule has 0 saturated heterocycles. The van der Waals surface area contributed by atoms with E-state index in [9.17, 15) is 10.2 Å². The molecule has 0 bridgehead atoms. The summed E-state index contributed by atoms with van der Waals surface area (Å²) in [5, 5.41) is 22.0. The SMILES string of the molecule is CCCCCCCCCCCCCCCCCCOc1ccc(C=Nc2ccc(OCCCCCCCCCC)cc2N=Cc2ccc(OCCCCCCCCCCCCCCCCCC)cc2O)c(O)c1. The molecule has 0 saturated carbocycles. The number of phenolic OH excluding ortho intramolecular Hbond substituents is 2. The summed E-state index contributed by atoms with van der Waals surface area (Å²) in [7, 11) is 0. The van der Waals surface area contributed by atoms with Gasteiger partial charge in [0.2, 0.25) is 0 Å². The van der Waals surface area contributed by atoms with Crippen LogP contribution in [0.15, 0.2) is 64.6 Å². The van der Waals surface area contributed by atoms with E-state index in [2.05, 4.69) is 20.8 Å². The van der Waals surface area contributed by atoms with Gasteiger partial charge in [0.1, 0.15) is 28.7 Å². The second-order valence-corrected chi connectivity index (χ2v) is 21.2. The van der Waals surface area contributed by atoms with Gasteiger partial charge in [0.25, 0.3) is 0 Å². The van der Waals surface area contributed by atoms with E-state index < -0.39 is 0 Å². The van der Waals surface area contributed by atoms with Crippen molar-refractivity contribution in [2.75, 3.05) is 19.8 Å². The Morgan fingerprint density at radius 2 is 0.548 bits per heavy atom. The highest BCUT2D eigenvalue weighted by molar-refractivity contribution is 5.90. The Balaban J connectivity index is 1.43. The summed E-state index contributed by atoms with van der Waals surface area (Å²) in [5.41, 5.74) is 2.40. The molecule has 0 fully saturated rings. The zero-order chi connectivity index (χ0) is 51.9. The fourth-order valence-corrected chi connectivity index (χ4v) is 9.63. The molecule has 0 spiro atoms. The third-order valence-electron chi connectivity index (χ3n) is 14.4. The molecule has 3 rings (SSSR count). The predicted octanol–water partition coefficient (Wildman–Crippen LogP) is 21.4. The van der Waals surface area contributed by atoms with Crippen LogP contribution in [0.4, 0.5) is 11.4 Å². The number of phenols is 2. The zero-order valence-electron chi connectivity index (χ0n) is 47.3. The number of benzene rings is 3. The van der Waals surface area contributed by atoms with Crippen LogP contribution in [0, 0.1) is 0 Å². The van der Waals surface area contributed by atoms with E-state index in [0.717, 1.165) is 31.4 Å². The molecule has 0 radical (unpaired) electrons. The summed E-state index contributed by atoms with van der Waals surface area (Å²) in [6, 6.07) is 16.5. The first-order chi connectivity index (χ1) is 36.0. The monoisotopic (exact) mass is 1010 g/mol. The molecule has 7 heteroatoms. The van der Waals surface area contributed by atoms with Crippen molar-refractivity contribution in [1.29, 1.82) is 0 Å². The molecule has 0 aromatic heterocycles. The van der Waals surface area contributed by atoms with Gasteiger partial charge in [-0.2, -0.15) is 0 Å². The normalized spacial score (nSPS) is 11.7. The number of aliphatic imine (C=N–C) groups is 2. The third-order valence-corrected chi connectivity index (χ3v) is 14.4. The maximum absolute atomic E-state index is 11.0. The molecule has 7 nitrogen and oxygen atoms in total. The molecule has 412 valence electrons. The quantitative estimate of drug-likeness (QED) is 0.0434. The molecule has 3 aromatic carbocycles. The molecule has 0 aliphatic rings. The van der Waals surface area contributed by atoms with Crippen LogP contribution in [-0.4, -0.2) is 42.5 Å². The molecular formula is C66H108N2O5. The molecule has 0 heterocycles. The van der Waals surface area contributed by atoms with Crippen LogP contribution in [0.2, 0.25) is 0 Å². The Morgan fingerprint density at radius 3 is 0.836 bits per heavy atom. The highest BCUT2D eigenvalue weighted by Crippen LogP contribution is 2.34. The van der Waals surface area contributed by atoms with Gasteiger partial charge in [0.15, 0.2) is 0 Å². The van der Waals surface area contributed by atoms with Crippen molar-refractivity contribution in [2.45, 2.75) is 278 Å². The number of aromatic hydroxyl groups is 2. The topological polar surface area (TPSA) is 92.9 Å². The lowest BCUT2D eigenvalue weighted by atomic mass is 10.0. The van der Waals surface area contributed by atoms with Gasteiger partial charge < -0.3 is 24.4 Å². The fourth-order valence-electron chi connectivity index (χ4n) is 9.63. The summed E-state index contributed by atoms with van der Waals surface area (Å²) in [5.74, 6) is 2.28. The van der Waals surface area contributed by atoms with Crippen molar-refractivity contribution in [1.82, 2.24) is 0 Å². The molecule has 0 amide bonds. The van der Waals surface area contributed by atoms with Crippen LogP contribution in [0.1, 0.15) is 289 Å². The second kappa shape index (κ2) is 45.4. The van der Waals surface area contributed by atoms with Gasteiger partial charge >= 0.3 is 0 Å². The molecule has 0 atom stereocenters. The lowest BCUT2D eigenvalue weighted by molar-refractivity contribution is 0.302. The smallest absolute Gasteiger partial charge is 0.128 e. The van der Waals surface area contributed by atoms with E-state index in [1.54, 1.807) is 24.6 Å². The van der Waals surface area contributed by atoms with Gasteiger partial charge in [-0.1, -0.05) is 258 Å². The van der Waals surface area contributed by atoms with E-state index >= 15 is 0 Å². The van der Waals surface area contributed by atoms with Gasteiger partial charge in [-0.05, 0) is 55.7 Å². The van der Waals surface area contributed by atoms with Crippen molar-refractivity contribution in [3.05, 3.63) is 65.7 Å². The van der Waals surface area contributed by atoms with Crippen molar-refractivity contribution in [3.63, 3.8) is 0 Å². The Kier molecular flexibility index (Phi) is 39.4. The van der Waals surface area contributed by atoms with Crippen molar-refractivity contribution >= 4 is 23.8 Å². The minimum Gasteiger partial charge on any atom is -0.507 e. The number of ether oxygens (including phenoxy) is 3. The average Bonchev–Trinajstić information content (AvgIpc) is 3.39. The molecule has 0 unspecified atom stereocenters. The molecule has 73 heavy (non-hydrogen) atoms. The van der Waals surface area contributed by atoms with Crippen LogP contribution in [0.25, 0.3) is 0 Å². The standard InChI is InChI=1S/C66H108N2O5/c1-4-7-10-13-16-19-21-23-25-27-29-31-33-36-39-42-51-72-61-46-44-58(65(69)54-61)56-67-63-49-48-60(71-50-41-38-35-18-15-12-9-6-3)53-64(63)68-57-59-45-47-62(55-66(59)70)73-52-43-40-37-34-32-30-28-26-24-22-20-17-14-11-8-5-2/h44-49,53-57,69-70H,4-43,50-52H2,1-3H3. The van der Waals surface area contributed by atoms with E-state index in [1.807, 2.05) is 42.5 Å². The third kappa shape index (κ3) is 33.5. The number of hydrogen-bond donors (Lipinski definition) is 2. The maximum Gasteiger partial charge on any atom is 0.128 e. The van der Waals surface area contributed by atoms with Gasteiger partial charge in [-0.25, -0.2) is 0 Å². The molecule has 2 N–H and O–H groups in total. The molecule has 0 aliphatic carbocycles. The Morgan fingerprint density at radius 1 is 0.301 bits per heavy atom. The largest absolute Gasteiger partial charge is 0.507 e. The van der Waals surface area contributed by atoms with Crippen LogP contribution < -0.4 is 14.2 Å². The van der Waals surface area contributed by atoms with Crippen LogP contribution in [0.3, 0.4) is 0 Å². The number of rotatable bonds is 50. The highest BCUT2D eigenvalue weighted by Gasteiger charge is 2.08. The lowest BCUT2D eigenvalue weighted by Crippen LogP contribution is -1.98. The number of nitrogens with zero attached hydrogens (tertiary/aromatic N) is 2. The lowest BCUT2D eigenvalue weighted by Gasteiger charge is -2.10. The van der Waals surface area contributed by atoms with Gasteiger partial charge in [0.05, 0.1) is 31.2 Å². The minimum atomic E-state index is 0.113. The summed E-state index contributed by atoms with van der Waals surface area (Å²) in [6.45, 7) is 8.76. The van der Waals surface area contributed by atoms with Gasteiger partial charge in [-0.3, -0.25) is 9.98 Å². The summed E-state index contributed by atoms with van der Waals surface area (Å²) < 4.78 is 18.2. The first-order valence-corrected chi connectivity index (χ1v) is 30.8. The fraction of sp³-hybridized carbons (Fsp3) is 0.697. The van der Waals surface area contributed by atoms with E-state index in [0.29, 0.717) is 53.8 Å². The van der Waals surface area contributed by atoms with Gasteiger partial charge in [0, 0.05) is 41.8 Å². The summed E-state index contributed by atoms with van der Waals surface area (Å²) >= 11 is 0. The Bertz CT molecular complexity index is 1810. The predicted molar refractivity (Wildman–Crippen MR) is 315 cm³/mol. The highest BCUT2D eigenvalue weighted by atomic mass is 16.5. The molecule has 3 aromatic rings. The first-order valence-electron chi connectivity index (χ1n) is 30.8. The van der Waals surface area contributed by atoms with Crippen LogP contribution >= 0.6 is 0 Å². The van der Waals surface area contributed by atoms with Crippen LogP contribution in [0.5, 0.6) is 28.7 Å².